The molecular formula is C15H24N2O3. The van der Waals surface area contributed by atoms with Gasteiger partial charge in [-0.1, -0.05) is 26.7 Å². The lowest BCUT2D eigenvalue weighted by atomic mass is 9.92. The summed E-state index contributed by atoms with van der Waals surface area (Å²) in [5.74, 6) is -0.272. The van der Waals surface area contributed by atoms with Crippen LogP contribution in [0.25, 0.3) is 0 Å². The van der Waals surface area contributed by atoms with Crippen molar-refractivity contribution < 1.29 is 9.90 Å². The van der Waals surface area contributed by atoms with Gasteiger partial charge in [0, 0.05) is 25.9 Å². The summed E-state index contributed by atoms with van der Waals surface area (Å²) >= 11 is 0. The van der Waals surface area contributed by atoms with Crippen LogP contribution in [0.2, 0.25) is 0 Å². The van der Waals surface area contributed by atoms with Gasteiger partial charge in [0.1, 0.15) is 0 Å². The van der Waals surface area contributed by atoms with E-state index < -0.39 is 5.60 Å². The smallest absolute Gasteiger partial charge is 0.252 e. The molecule has 0 aliphatic heterocycles. The fourth-order valence-electron chi connectivity index (χ4n) is 2.31. The number of carbonyl (C=O) groups excluding carboxylic acids is 1. The quantitative estimate of drug-likeness (QED) is 0.794. The van der Waals surface area contributed by atoms with E-state index in [4.69, 9.17) is 0 Å². The fourth-order valence-corrected chi connectivity index (χ4v) is 2.31. The van der Waals surface area contributed by atoms with Crippen LogP contribution in [0.4, 0.5) is 0 Å². The van der Waals surface area contributed by atoms with Crippen LogP contribution in [0.15, 0.2) is 23.1 Å². The van der Waals surface area contributed by atoms with Crippen molar-refractivity contribution in [3.63, 3.8) is 0 Å². The summed E-state index contributed by atoms with van der Waals surface area (Å²) in [4.78, 5) is 23.3. The lowest BCUT2D eigenvalue weighted by Crippen LogP contribution is -2.43. The van der Waals surface area contributed by atoms with Crippen LogP contribution < -0.4 is 10.9 Å². The molecule has 0 aliphatic rings. The van der Waals surface area contributed by atoms with Crippen molar-refractivity contribution in [2.45, 2.75) is 45.1 Å². The number of hydrogen-bond donors (Lipinski definition) is 2. The zero-order valence-corrected chi connectivity index (χ0v) is 12.5. The molecule has 0 saturated heterocycles. The average molecular weight is 280 g/mol. The van der Waals surface area contributed by atoms with Crippen LogP contribution in [-0.2, 0) is 7.05 Å². The molecule has 0 bridgehead atoms. The minimum absolute atomic E-state index is 0.157. The second-order valence-electron chi connectivity index (χ2n) is 5.27. The number of hydrogen-bond acceptors (Lipinski definition) is 3. The Morgan fingerprint density at radius 1 is 1.30 bits per heavy atom. The van der Waals surface area contributed by atoms with Gasteiger partial charge >= 0.3 is 0 Å². The van der Waals surface area contributed by atoms with Gasteiger partial charge in [0.2, 0.25) is 5.56 Å². The highest BCUT2D eigenvalue weighted by atomic mass is 16.3. The van der Waals surface area contributed by atoms with Gasteiger partial charge in [0.15, 0.2) is 0 Å². The van der Waals surface area contributed by atoms with E-state index in [9.17, 15) is 14.7 Å². The molecule has 112 valence electrons. The fraction of sp³-hybridized carbons (Fsp3) is 0.600. The van der Waals surface area contributed by atoms with Crippen molar-refractivity contribution in [2.24, 2.45) is 7.05 Å². The molecule has 5 nitrogen and oxygen atoms in total. The number of aromatic nitrogens is 1. The maximum absolute atomic E-state index is 12.0. The Morgan fingerprint density at radius 2 is 1.90 bits per heavy atom. The highest BCUT2D eigenvalue weighted by Crippen LogP contribution is 2.18. The van der Waals surface area contributed by atoms with Gasteiger partial charge in [-0.15, -0.1) is 0 Å². The van der Waals surface area contributed by atoms with Crippen molar-refractivity contribution in [3.8, 4) is 0 Å². The molecule has 1 aromatic rings. The zero-order valence-electron chi connectivity index (χ0n) is 12.5. The number of rotatable bonds is 7. The molecule has 5 heteroatoms. The van der Waals surface area contributed by atoms with Crippen molar-refractivity contribution in [3.05, 3.63) is 34.2 Å². The Labute approximate surface area is 119 Å². The molecule has 1 aromatic heterocycles. The predicted octanol–water partition coefficient (Wildman–Crippen LogP) is 1.45. The van der Waals surface area contributed by atoms with Crippen LogP contribution >= 0.6 is 0 Å². The Bertz CT molecular complexity index is 502. The summed E-state index contributed by atoms with van der Waals surface area (Å²) in [6.45, 7) is 4.25. The Balaban J connectivity index is 2.69. The van der Waals surface area contributed by atoms with E-state index in [0.717, 1.165) is 12.8 Å². The molecule has 0 spiro atoms. The summed E-state index contributed by atoms with van der Waals surface area (Å²) in [7, 11) is 1.60. The Hall–Kier alpha value is -1.62. The van der Waals surface area contributed by atoms with Crippen LogP contribution in [0, 0.1) is 0 Å². The first-order valence-electron chi connectivity index (χ1n) is 7.09. The van der Waals surface area contributed by atoms with Gasteiger partial charge in [0.25, 0.3) is 5.91 Å². The molecule has 2 N–H and O–H groups in total. The topological polar surface area (TPSA) is 71.3 Å². The minimum atomic E-state index is -0.847. The normalized spacial score (nSPS) is 11.4. The average Bonchev–Trinajstić information content (AvgIpc) is 2.40. The largest absolute Gasteiger partial charge is 0.388 e. The molecule has 0 aromatic carbocycles. The maximum Gasteiger partial charge on any atom is 0.252 e. The second-order valence-corrected chi connectivity index (χ2v) is 5.27. The highest BCUT2D eigenvalue weighted by molar-refractivity contribution is 5.93. The molecule has 0 radical (unpaired) electrons. The molecule has 1 rings (SSSR count). The van der Waals surface area contributed by atoms with E-state index in [1.54, 1.807) is 7.05 Å². The maximum atomic E-state index is 12.0. The number of aliphatic hydroxyl groups is 1. The summed E-state index contributed by atoms with van der Waals surface area (Å²) in [6, 6.07) is 2.86. The molecule has 1 heterocycles. The van der Waals surface area contributed by atoms with Gasteiger partial charge in [-0.05, 0) is 18.9 Å². The first-order chi connectivity index (χ1) is 9.41. The third kappa shape index (κ3) is 4.49. The lowest BCUT2D eigenvalue weighted by Gasteiger charge is -2.27. The van der Waals surface area contributed by atoms with Crippen LogP contribution in [-0.4, -0.2) is 27.7 Å². The van der Waals surface area contributed by atoms with Crippen molar-refractivity contribution >= 4 is 5.91 Å². The van der Waals surface area contributed by atoms with E-state index >= 15 is 0 Å². The van der Waals surface area contributed by atoms with Crippen molar-refractivity contribution in [2.75, 3.05) is 6.54 Å². The second kappa shape index (κ2) is 7.24. The van der Waals surface area contributed by atoms with Crippen molar-refractivity contribution in [1.82, 2.24) is 9.88 Å². The Morgan fingerprint density at radius 3 is 2.40 bits per heavy atom. The van der Waals surface area contributed by atoms with E-state index in [0.29, 0.717) is 18.4 Å². The van der Waals surface area contributed by atoms with Crippen LogP contribution in [0.5, 0.6) is 0 Å². The predicted molar refractivity (Wildman–Crippen MR) is 78.8 cm³/mol. The van der Waals surface area contributed by atoms with Crippen molar-refractivity contribution in [1.29, 1.82) is 0 Å². The summed E-state index contributed by atoms with van der Waals surface area (Å²) in [5.41, 5.74) is -0.586. The lowest BCUT2D eigenvalue weighted by molar-refractivity contribution is 0.0213. The van der Waals surface area contributed by atoms with Crippen LogP contribution in [0.3, 0.4) is 0 Å². The number of nitrogens with one attached hydrogen (secondary N) is 1. The Kier molecular flexibility index (Phi) is 5.95. The standard InChI is InChI=1S/C15H24N2O3/c1-4-8-15(20,9-5-2)11-16-14(19)12-6-7-13(18)17(3)10-12/h6-7,10,20H,4-5,8-9,11H2,1-3H3,(H,16,19). The molecule has 0 fully saturated rings. The highest BCUT2D eigenvalue weighted by Gasteiger charge is 2.25. The minimum Gasteiger partial charge on any atom is -0.388 e. The summed E-state index contributed by atoms with van der Waals surface area (Å²) < 4.78 is 1.36. The SMILES string of the molecule is CCCC(O)(CCC)CNC(=O)c1ccc(=O)n(C)c1. The monoisotopic (exact) mass is 280 g/mol. The van der Waals surface area contributed by atoms with E-state index in [-0.39, 0.29) is 18.0 Å². The van der Waals surface area contributed by atoms with Gasteiger partial charge < -0.3 is 15.0 Å². The first kappa shape index (κ1) is 16.4. The van der Waals surface area contributed by atoms with Gasteiger partial charge in [-0.2, -0.15) is 0 Å². The summed E-state index contributed by atoms with van der Waals surface area (Å²) in [6.07, 6.45) is 4.55. The molecule has 0 unspecified atom stereocenters. The van der Waals surface area contributed by atoms with Gasteiger partial charge in [0.05, 0.1) is 11.2 Å². The molecule has 0 atom stereocenters. The van der Waals surface area contributed by atoms with E-state index in [1.165, 1.54) is 22.9 Å². The number of aryl methyl sites for hydroxylation is 1. The molecule has 1 amide bonds. The van der Waals surface area contributed by atoms with Crippen LogP contribution in [0.1, 0.15) is 49.9 Å². The molecular weight excluding hydrogens is 256 g/mol. The number of nitrogens with zero attached hydrogens (tertiary/aromatic N) is 1. The third-order valence-corrected chi connectivity index (χ3v) is 3.36. The van der Waals surface area contributed by atoms with Gasteiger partial charge in [-0.25, -0.2) is 0 Å². The third-order valence-electron chi connectivity index (χ3n) is 3.36. The summed E-state index contributed by atoms with van der Waals surface area (Å²) in [5, 5.41) is 13.2. The molecule has 0 saturated carbocycles. The van der Waals surface area contributed by atoms with Gasteiger partial charge in [-0.3, -0.25) is 9.59 Å². The molecule has 0 aliphatic carbocycles. The number of amides is 1. The number of carbonyl (C=O) groups is 1. The number of pyridine rings is 1. The van der Waals surface area contributed by atoms with E-state index in [2.05, 4.69) is 5.32 Å². The molecule has 20 heavy (non-hydrogen) atoms. The zero-order chi connectivity index (χ0) is 15.2. The van der Waals surface area contributed by atoms with E-state index in [1.807, 2.05) is 13.8 Å². The first-order valence-corrected chi connectivity index (χ1v) is 7.09.